The molecule has 0 saturated heterocycles. The van der Waals surface area contributed by atoms with Crippen LogP contribution in [0.15, 0.2) is 28.8 Å². The van der Waals surface area contributed by atoms with Gasteiger partial charge in [-0.2, -0.15) is 0 Å². The number of anilines is 1. The zero-order valence-electron chi connectivity index (χ0n) is 9.86. The van der Waals surface area contributed by atoms with Crippen LogP contribution in [0.5, 0.6) is 0 Å². The van der Waals surface area contributed by atoms with Crippen LogP contribution in [-0.2, 0) is 6.54 Å². The molecule has 0 aliphatic carbocycles. The van der Waals surface area contributed by atoms with E-state index in [0.717, 1.165) is 11.5 Å². The van der Waals surface area contributed by atoms with Crippen LogP contribution in [0, 0.1) is 6.92 Å². The molecule has 2 heterocycles. The molecular formula is C12H15N3O2. The van der Waals surface area contributed by atoms with Gasteiger partial charge in [-0.25, -0.2) is 0 Å². The molecule has 0 atom stereocenters. The van der Waals surface area contributed by atoms with Crippen molar-refractivity contribution in [1.82, 2.24) is 9.88 Å². The van der Waals surface area contributed by atoms with Crippen molar-refractivity contribution in [1.29, 1.82) is 0 Å². The second kappa shape index (κ2) is 4.37. The van der Waals surface area contributed by atoms with E-state index in [9.17, 15) is 4.79 Å². The summed E-state index contributed by atoms with van der Waals surface area (Å²) in [5.41, 5.74) is 6.58. The number of rotatable bonds is 3. The van der Waals surface area contributed by atoms with Gasteiger partial charge in [0.15, 0.2) is 0 Å². The number of aryl methyl sites for hydroxylation is 1. The number of hydrogen-bond acceptors (Lipinski definition) is 3. The van der Waals surface area contributed by atoms with E-state index < -0.39 is 0 Å². The first-order valence-electron chi connectivity index (χ1n) is 5.31. The van der Waals surface area contributed by atoms with Gasteiger partial charge in [-0.3, -0.25) is 4.79 Å². The van der Waals surface area contributed by atoms with Crippen LogP contribution in [0.3, 0.4) is 0 Å². The van der Waals surface area contributed by atoms with E-state index >= 15 is 0 Å². The highest BCUT2D eigenvalue weighted by Crippen LogP contribution is 2.12. The summed E-state index contributed by atoms with van der Waals surface area (Å²) >= 11 is 0. The first-order valence-corrected chi connectivity index (χ1v) is 5.31. The van der Waals surface area contributed by atoms with Crippen LogP contribution in [0.2, 0.25) is 0 Å². The van der Waals surface area contributed by atoms with Crippen molar-refractivity contribution in [3.05, 3.63) is 41.6 Å². The second-order valence-corrected chi connectivity index (χ2v) is 4.02. The Morgan fingerprint density at radius 2 is 2.29 bits per heavy atom. The number of furan rings is 1. The van der Waals surface area contributed by atoms with Crippen LogP contribution in [0.4, 0.5) is 5.69 Å². The lowest BCUT2D eigenvalue weighted by Gasteiger charge is -2.14. The zero-order chi connectivity index (χ0) is 12.4. The van der Waals surface area contributed by atoms with Crippen molar-refractivity contribution in [3.8, 4) is 0 Å². The second-order valence-electron chi connectivity index (χ2n) is 4.02. The Kier molecular flexibility index (Phi) is 2.91. The molecule has 2 rings (SSSR count). The number of H-pyrrole nitrogens is 1. The van der Waals surface area contributed by atoms with E-state index in [1.807, 2.05) is 19.1 Å². The minimum atomic E-state index is -0.115. The van der Waals surface area contributed by atoms with E-state index in [1.165, 1.54) is 0 Å². The standard InChI is InChI=1S/C12H15N3O2/c1-8-3-4-10(17-8)7-15(2)12(16)11-5-9(13)6-14-11/h3-6,14H,7,13H2,1-2H3. The molecular weight excluding hydrogens is 218 g/mol. The third-order valence-electron chi connectivity index (χ3n) is 2.47. The first-order chi connectivity index (χ1) is 8.06. The summed E-state index contributed by atoms with van der Waals surface area (Å²) in [5.74, 6) is 1.48. The van der Waals surface area contributed by atoms with Crippen molar-refractivity contribution >= 4 is 11.6 Å². The highest BCUT2D eigenvalue weighted by atomic mass is 16.3. The molecule has 0 aliphatic rings. The minimum absolute atomic E-state index is 0.115. The van der Waals surface area contributed by atoms with Gasteiger partial charge in [0.1, 0.15) is 17.2 Å². The van der Waals surface area contributed by atoms with Crippen molar-refractivity contribution in [2.24, 2.45) is 0 Å². The number of carbonyl (C=O) groups is 1. The van der Waals surface area contributed by atoms with Gasteiger partial charge in [0, 0.05) is 18.9 Å². The van der Waals surface area contributed by atoms with Crippen LogP contribution in [-0.4, -0.2) is 22.8 Å². The van der Waals surface area contributed by atoms with E-state index in [4.69, 9.17) is 10.2 Å². The highest BCUT2D eigenvalue weighted by molar-refractivity contribution is 5.93. The predicted molar refractivity (Wildman–Crippen MR) is 64.4 cm³/mol. The maximum Gasteiger partial charge on any atom is 0.270 e. The fourth-order valence-electron chi connectivity index (χ4n) is 1.62. The molecule has 0 fully saturated rings. The van der Waals surface area contributed by atoms with Crippen LogP contribution in [0.25, 0.3) is 0 Å². The Hall–Kier alpha value is -2.17. The molecule has 2 aromatic rings. The maximum absolute atomic E-state index is 12.0. The molecule has 2 aromatic heterocycles. The summed E-state index contributed by atoms with van der Waals surface area (Å²) in [6.45, 7) is 2.31. The molecule has 0 unspecified atom stereocenters. The van der Waals surface area contributed by atoms with Crippen molar-refractivity contribution in [2.45, 2.75) is 13.5 Å². The number of aromatic amines is 1. The number of amides is 1. The van der Waals surface area contributed by atoms with Gasteiger partial charge < -0.3 is 20.0 Å². The monoisotopic (exact) mass is 233 g/mol. The average molecular weight is 233 g/mol. The molecule has 5 nitrogen and oxygen atoms in total. The lowest BCUT2D eigenvalue weighted by Crippen LogP contribution is -2.26. The van der Waals surface area contributed by atoms with Gasteiger partial charge in [-0.1, -0.05) is 0 Å². The third-order valence-corrected chi connectivity index (χ3v) is 2.47. The van der Waals surface area contributed by atoms with Gasteiger partial charge in [0.2, 0.25) is 0 Å². The number of nitrogens with two attached hydrogens (primary N) is 1. The molecule has 5 heteroatoms. The molecule has 0 spiro atoms. The Morgan fingerprint density at radius 3 is 2.82 bits per heavy atom. The SMILES string of the molecule is Cc1ccc(CN(C)C(=O)c2cc(N)c[nH]2)o1. The summed E-state index contributed by atoms with van der Waals surface area (Å²) in [4.78, 5) is 16.4. The summed E-state index contributed by atoms with van der Waals surface area (Å²) < 4.78 is 5.42. The molecule has 0 saturated carbocycles. The first kappa shape index (κ1) is 11.3. The number of carbonyl (C=O) groups excluding carboxylic acids is 1. The Morgan fingerprint density at radius 1 is 1.53 bits per heavy atom. The van der Waals surface area contributed by atoms with E-state index in [1.54, 1.807) is 24.2 Å². The quantitative estimate of drug-likeness (QED) is 0.848. The Labute approximate surface area is 99.2 Å². The molecule has 0 aromatic carbocycles. The van der Waals surface area contributed by atoms with Crippen molar-refractivity contribution in [2.75, 3.05) is 12.8 Å². The Bertz CT molecular complexity index is 527. The van der Waals surface area contributed by atoms with Crippen LogP contribution in [0.1, 0.15) is 22.0 Å². The summed E-state index contributed by atoms with van der Waals surface area (Å²) in [6.07, 6.45) is 1.60. The molecule has 0 radical (unpaired) electrons. The van der Waals surface area contributed by atoms with Gasteiger partial charge in [0.25, 0.3) is 5.91 Å². The lowest BCUT2D eigenvalue weighted by molar-refractivity contribution is 0.0770. The van der Waals surface area contributed by atoms with E-state index in [2.05, 4.69) is 4.98 Å². The molecule has 17 heavy (non-hydrogen) atoms. The van der Waals surface area contributed by atoms with Crippen molar-refractivity contribution in [3.63, 3.8) is 0 Å². The molecule has 90 valence electrons. The fourth-order valence-corrected chi connectivity index (χ4v) is 1.62. The average Bonchev–Trinajstić information content (AvgIpc) is 2.87. The smallest absolute Gasteiger partial charge is 0.270 e. The van der Waals surface area contributed by atoms with Gasteiger partial charge in [0.05, 0.1) is 6.54 Å². The summed E-state index contributed by atoms with van der Waals surface area (Å²) in [7, 11) is 1.72. The van der Waals surface area contributed by atoms with Gasteiger partial charge in [-0.05, 0) is 25.1 Å². The summed E-state index contributed by atoms with van der Waals surface area (Å²) in [5, 5.41) is 0. The zero-order valence-corrected chi connectivity index (χ0v) is 9.86. The van der Waals surface area contributed by atoms with E-state index in [0.29, 0.717) is 17.9 Å². The molecule has 1 amide bonds. The van der Waals surface area contributed by atoms with Crippen LogP contribution < -0.4 is 5.73 Å². The topological polar surface area (TPSA) is 75.3 Å². The van der Waals surface area contributed by atoms with Gasteiger partial charge in [-0.15, -0.1) is 0 Å². The van der Waals surface area contributed by atoms with Gasteiger partial charge >= 0.3 is 0 Å². The molecule has 0 bridgehead atoms. The molecule has 0 aliphatic heterocycles. The number of aromatic nitrogens is 1. The number of nitrogen functional groups attached to an aromatic ring is 1. The minimum Gasteiger partial charge on any atom is -0.464 e. The van der Waals surface area contributed by atoms with Crippen molar-refractivity contribution < 1.29 is 9.21 Å². The summed E-state index contributed by atoms with van der Waals surface area (Å²) in [6, 6.07) is 5.36. The number of nitrogens with one attached hydrogen (secondary N) is 1. The fraction of sp³-hybridized carbons (Fsp3) is 0.250. The molecule has 3 N–H and O–H groups in total. The predicted octanol–water partition coefficient (Wildman–Crippen LogP) is 1.77. The third kappa shape index (κ3) is 2.50. The Balaban J connectivity index is 2.05. The lowest BCUT2D eigenvalue weighted by atomic mass is 10.3. The number of hydrogen-bond donors (Lipinski definition) is 2. The normalized spacial score (nSPS) is 10.5. The largest absolute Gasteiger partial charge is 0.464 e. The van der Waals surface area contributed by atoms with Crippen LogP contribution >= 0.6 is 0 Å². The number of nitrogens with zero attached hydrogens (tertiary/aromatic N) is 1. The maximum atomic E-state index is 12.0. The van der Waals surface area contributed by atoms with E-state index in [-0.39, 0.29) is 5.91 Å². The highest BCUT2D eigenvalue weighted by Gasteiger charge is 2.14.